The van der Waals surface area contributed by atoms with Gasteiger partial charge in [-0.2, -0.15) is 4.98 Å². The van der Waals surface area contributed by atoms with Crippen molar-refractivity contribution in [3.63, 3.8) is 0 Å². The Balaban J connectivity index is 1.96. The van der Waals surface area contributed by atoms with Gasteiger partial charge in [0.1, 0.15) is 11.6 Å². The van der Waals surface area contributed by atoms with Crippen LogP contribution in [0.15, 0.2) is 28.8 Å². The first kappa shape index (κ1) is 16.0. The Kier molecular flexibility index (Phi) is 5.00. The van der Waals surface area contributed by atoms with Gasteiger partial charge in [-0.15, -0.1) is 11.8 Å². The highest BCUT2D eigenvalue weighted by atomic mass is 32.2. The lowest BCUT2D eigenvalue weighted by Gasteiger charge is -2.10. The van der Waals surface area contributed by atoms with E-state index in [1.807, 2.05) is 6.92 Å². The van der Waals surface area contributed by atoms with Crippen molar-refractivity contribution < 1.29 is 17.3 Å². The summed E-state index contributed by atoms with van der Waals surface area (Å²) in [5.74, 6) is 0.380. The molecule has 2 rings (SSSR count). The summed E-state index contributed by atoms with van der Waals surface area (Å²) in [5, 5.41) is 3.54. The third kappa shape index (κ3) is 4.82. The van der Waals surface area contributed by atoms with Gasteiger partial charge < -0.3 is 4.52 Å². The second kappa shape index (κ2) is 6.57. The van der Waals surface area contributed by atoms with Crippen LogP contribution in [0, 0.1) is 5.82 Å². The predicted molar refractivity (Wildman–Crippen MR) is 79.0 cm³/mol. The van der Waals surface area contributed by atoms with E-state index in [-0.39, 0.29) is 22.6 Å². The van der Waals surface area contributed by atoms with Gasteiger partial charge in [-0.25, -0.2) is 12.8 Å². The van der Waals surface area contributed by atoms with E-state index in [0.29, 0.717) is 17.2 Å². The van der Waals surface area contributed by atoms with E-state index in [4.69, 9.17) is 4.52 Å². The fraction of sp³-hybridized carbons (Fsp3) is 0.385. The van der Waals surface area contributed by atoms with Gasteiger partial charge in [0.05, 0.1) is 5.75 Å². The van der Waals surface area contributed by atoms with Crippen LogP contribution in [0.2, 0.25) is 0 Å². The number of nitrogens with zero attached hydrogens (tertiary/aromatic N) is 2. The smallest absolute Gasteiger partial charge is 0.236 e. The quantitative estimate of drug-likeness (QED) is 0.811. The maximum absolute atomic E-state index is 13.6. The zero-order chi connectivity index (χ0) is 15.5. The van der Waals surface area contributed by atoms with Crippen molar-refractivity contribution in [1.29, 1.82) is 0 Å². The fourth-order valence-corrected chi connectivity index (χ4v) is 3.20. The number of hydrogen-bond donors (Lipinski definition) is 0. The summed E-state index contributed by atoms with van der Waals surface area (Å²) in [6.45, 7) is 1.89. The standard InChI is InChI=1S/C13H15FN2O3S2/c1-9(10-5-3-4-6-11(10)14)20-7-13-15-12(16-19-13)8-21(2,17)18/h3-6,9H,7-8H2,1-2H3. The van der Waals surface area contributed by atoms with E-state index in [2.05, 4.69) is 10.1 Å². The minimum Gasteiger partial charge on any atom is -0.338 e. The van der Waals surface area contributed by atoms with Gasteiger partial charge in [0.15, 0.2) is 15.7 Å². The second-order valence-corrected chi connectivity index (χ2v) is 8.12. The maximum Gasteiger partial charge on any atom is 0.236 e. The van der Waals surface area contributed by atoms with E-state index < -0.39 is 9.84 Å². The Morgan fingerprint density at radius 2 is 2.10 bits per heavy atom. The summed E-state index contributed by atoms with van der Waals surface area (Å²) in [6, 6.07) is 6.58. The van der Waals surface area contributed by atoms with Crippen LogP contribution >= 0.6 is 11.8 Å². The molecule has 0 aliphatic heterocycles. The Bertz CT molecular complexity index is 716. The molecule has 0 bridgehead atoms. The lowest BCUT2D eigenvalue weighted by molar-refractivity contribution is 0.386. The summed E-state index contributed by atoms with van der Waals surface area (Å²) in [7, 11) is -3.19. The Morgan fingerprint density at radius 3 is 2.76 bits per heavy atom. The number of benzene rings is 1. The first-order valence-electron chi connectivity index (χ1n) is 6.20. The number of hydrogen-bond acceptors (Lipinski definition) is 6. The molecule has 1 aromatic carbocycles. The van der Waals surface area contributed by atoms with Gasteiger partial charge in [0.25, 0.3) is 0 Å². The van der Waals surface area contributed by atoms with Crippen LogP contribution in [0.5, 0.6) is 0 Å². The van der Waals surface area contributed by atoms with Crippen molar-refractivity contribution in [3.8, 4) is 0 Å². The number of halogens is 1. The van der Waals surface area contributed by atoms with Crippen LogP contribution in [0.25, 0.3) is 0 Å². The van der Waals surface area contributed by atoms with E-state index in [1.165, 1.54) is 17.8 Å². The highest BCUT2D eigenvalue weighted by Gasteiger charge is 2.15. The molecule has 0 aliphatic carbocycles. The largest absolute Gasteiger partial charge is 0.338 e. The van der Waals surface area contributed by atoms with Crippen molar-refractivity contribution in [3.05, 3.63) is 47.4 Å². The molecule has 114 valence electrons. The molecule has 0 radical (unpaired) electrons. The number of thioether (sulfide) groups is 1. The Labute approximate surface area is 126 Å². The fourth-order valence-electron chi connectivity index (χ4n) is 1.73. The summed E-state index contributed by atoms with van der Waals surface area (Å²) in [6.07, 6.45) is 1.11. The van der Waals surface area contributed by atoms with Crippen LogP contribution in [0.4, 0.5) is 4.39 Å². The molecule has 0 fully saturated rings. The van der Waals surface area contributed by atoms with Crippen molar-refractivity contribution in [2.45, 2.75) is 23.7 Å². The summed E-state index contributed by atoms with van der Waals surface area (Å²) >= 11 is 1.44. The number of aromatic nitrogens is 2. The molecule has 1 unspecified atom stereocenters. The zero-order valence-electron chi connectivity index (χ0n) is 11.6. The molecular formula is C13H15FN2O3S2. The minimum absolute atomic E-state index is 0.0727. The van der Waals surface area contributed by atoms with Crippen molar-refractivity contribution >= 4 is 21.6 Å². The Morgan fingerprint density at radius 1 is 1.38 bits per heavy atom. The Hall–Kier alpha value is -1.41. The van der Waals surface area contributed by atoms with Crippen molar-refractivity contribution in [2.75, 3.05) is 6.26 Å². The molecule has 1 atom stereocenters. The van der Waals surface area contributed by atoms with Gasteiger partial charge in [0.2, 0.25) is 5.89 Å². The van der Waals surface area contributed by atoms with E-state index in [0.717, 1.165) is 6.26 Å². The molecule has 5 nitrogen and oxygen atoms in total. The lowest BCUT2D eigenvalue weighted by Crippen LogP contribution is -2.02. The minimum atomic E-state index is -3.19. The molecule has 0 amide bonds. The van der Waals surface area contributed by atoms with Gasteiger partial charge in [-0.3, -0.25) is 0 Å². The highest BCUT2D eigenvalue weighted by Crippen LogP contribution is 2.31. The molecule has 1 heterocycles. The molecule has 21 heavy (non-hydrogen) atoms. The van der Waals surface area contributed by atoms with E-state index in [1.54, 1.807) is 18.2 Å². The van der Waals surface area contributed by atoms with Gasteiger partial charge in [-0.05, 0) is 13.0 Å². The lowest BCUT2D eigenvalue weighted by atomic mass is 10.1. The molecular weight excluding hydrogens is 315 g/mol. The monoisotopic (exact) mass is 330 g/mol. The highest BCUT2D eigenvalue weighted by molar-refractivity contribution is 7.98. The van der Waals surface area contributed by atoms with Crippen molar-refractivity contribution in [1.82, 2.24) is 10.1 Å². The van der Waals surface area contributed by atoms with Crippen LogP contribution < -0.4 is 0 Å². The van der Waals surface area contributed by atoms with Gasteiger partial charge >= 0.3 is 0 Å². The molecule has 0 saturated heterocycles. The number of sulfone groups is 1. The van der Waals surface area contributed by atoms with Crippen LogP contribution in [0.3, 0.4) is 0 Å². The maximum atomic E-state index is 13.6. The van der Waals surface area contributed by atoms with Gasteiger partial charge in [-0.1, -0.05) is 23.4 Å². The van der Waals surface area contributed by atoms with E-state index >= 15 is 0 Å². The topological polar surface area (TPSA) is 73.1 Å². The van der Waals surface area contributed by atoms with Crippen molar-refractivity contribution in [2.24, 2.45) is 0 Å². The third-order valence-electron chi connectivity index (χ3n) is 2.70. The normalized spacial score (nSPS) is 13.3. The summed E-state index contributed by atoms with van der Waals surface area (Å²) in [4.78, 5) is 4.01. The molecule has 0 saturated carbocycles. The number of rotatable bonds is 6. The molecule has 0 aliphatic rings. The van der Waals surface area contributed by atoms with E-state index in [9.17, 15) is 12.8 Å². The summed E-state index contributed by atoms with van der Waals surface area (Å²) in [5.41, 5.74) is 0.610. The molecule has 8 heteroatoms. The first-order valence-corrected chi connectivity index (χ1v) is 9.31. The van der Waals surface area contributed by atoms with Gasteiger partial charge in [0, 0.05) is 17.1 Å². The van der Waals surface area contributed by atoms with Crippen LogP contribution in [0.1, 0.15) is 29.5 Å². The third-order valence-corrected chi connectivity index (χ3v) is 4.65. The van der Waals surface area contributed by atoms with Crippen LogP contribution in [-0.4, -0.2) is 24.8 Å². The average Bonchev–Trinajstić information content (AvgIpc) is 2.82. The van der Waals surface area contributed by atoms with Crippen LogP contribution in [-0.2, 0) is 21.3 Å². The predicted octanol–water partition coefficient (Wildman–Crippen LogP) is 2.75. The second-order valence-electron chi connectivity index (χ2n) is 4.65. The SMILES string of the molecule is CC(SCc1nc(CS(C)(=O)=O)no1)c1ccccc1F. The average molecular weight is 330 g/mol. The zero-order valence-corrected chi connectivity index (χ0v) is 13.2. The molecule has 0 spiro atoms. The summed E-state index contributed by atoms with van der Waals surface area (Å²) < 4.78 is 40.9. The molecule has 0 N–H and O–H groups in total. The first-order chi connectivity index (χ1) is 9.85. The molecule has 1 aromatic heterocycles. The molecule has 2 aromatic rings.